The first-order valence-electron chi connectivity index (χ1n) is 10.0. The number of anilines is 1. The number of sulfonamides is 1. The number of fused-ring (bicyclic) bond motifs is 1. The standard InChI is InChI=1S/C23H25ClN2O6S/c1-30-21-14-20(22(31-2)13-19(21)24)26(33(3,28)29)15-23(27)25-10-11-32-18-9-8-16-6-4-5-7-17(16)12-18/h4-9,12-14H,10-11,15H2,1-3H3,(H,25,27). The van der Waals surface area contributed by atoms with E-state index in [1.165, 1.54) is 26.4 Å². The van der Waals surface area contributed by atoms with E-state index in [0.717, 1.165) is 21.3 Å². The molecule has 0 saturated carbocycles. The van der Waals surface area contributed by atoms with E-state index in [4.69, 9.17) is 25.8 Å². The molecule has 0 spiro atoms. The van der Waals surface area contributed by atoms with Gasteiger partial charge >= 0.3 is 0 Å². The van der Waals surface area contributed by atoms with Crippen molar-refractivity contribution in [1.82, 2.24) is 5.32 Å². The topological polar surface area (TPSA) is 94.2 Å². The average Bonchev–Trinajstić information content (AvgIpc) is 2.79. The number of amides is 1. The van der Waals surface area contributed by atoms with Crippen molar-refractivity contribution in [3.05, 3.63) is 59.6 Å². The van der Waals surface area contributed by atoms with Gasteiger partial charge in [0.2, 0.25) is 15.9 Å². The van der Waals surface area contributed by atoms with Gasteiger partial charge < -0.3 is 19.5 Å². The summed E-state index contributed by atoms with van der Waals surface area (Å²) >= 11 is 6.11. The molecule has 0 aromatic heterocycles. The molecule has 0 radical (unpaired) electrons. The van der Waals surface area contributed by atoms with Crippen molar-refractivity contribution in [3.8, 4) is 17.2 Å². The highest BCUT2D eigenvalue weighted by molar-refractivity contribution is 7.92. The van der Waals surface area contributed by atoms with Gasteiger partial charge in [-0.2, -0.15) is 0 Å². The number of carbonyl (C=O) groups is 1. The molecular weight excluding hydrogens is 468 g/mol. The van der Waals surface area contributed by atoms with Crippen LogP contribution >= 0.6 is 11.6 Å². The Morgan fingerprint density at radius 3 is 2.36 bits per heavy atom. The van der Waals surface area contributed by atoms with Crippen molar-refractivity contribution in [2.24, 2.45) is 0 Å². The van der Waals surface area contributed by atoms with E-state index in [9.17, 15) is 13.2 Å². The first kappa shape index (κ1) is 24.5. The molecule has 8 nitrogen and oxygen atoms in total. The van der Waals surface area contributed by atoms with E-state index in [-0.39, 0.29) is 35.4 Å². The zero-order valence-corrected chi connectivity index (χ0v) is 20.1. The molecule has 0 fully saturated rings. The summed E-state index contributed by atoms with van der Waals surface area (Å²) in [5, 5.41) is 5.08. The van der Waals surface area contributed by atoms with Crippen LogP contribution in [0.1, 0.15) is 0 Å². The molecule has 3 aromatic carbocycles. The molecule has 0 aliphatic rings. The quantitative estimate of drug-likeness (QED) is 0.435. The Morgan fingerprint density at radius 1 is 1.00 bits per heavy atom. The van der Waals surface area contributed by atoms with E-state index in [2.05, 4.69) is 5.32 Å². The van der Waals surface area contributed by atoms with Crippen molar-refractivity contribution in [2.45, 2.75) is 0 Å². The maximum Gasteiger partial charge on any atom is 0.240 e. The molecule has 0 heterocycles. The highest BCUT2D eigenvalue weighted by Gasteiger charge is 2.25. The number of carbonyl (C=O) groups excluding carboxylic acids is 1. The normalized spacial score (nSPS) is 11.2. The number of nitrogens with one attached hydrogen (secondary N) is 1. The SMILES string of the molecule is COc1cc(N(CC(=O)NCCOc2ccc3ccccc3c2)S(C)(=O)=O)c(OC)cc1Cl. The largest absolute Gasteiger partial charge is 0.495 e. The van der Waals surface area contributed by atoms with Crippen molar-refractivity contribution in [3.63, 3.8) is 0 Å². The zero-order chi connectivity index (χ0) is 24.0. The zero-order valence-electron chi connectivity index (χ0n) is 18.5. The molecule has 0 aliphatic carbocycles. The smallest absolute Gasteiger partial charge is 0.240 e. The summed E-state index contributed by atoms with van der Waals surface area (Å²) in [4.78, 5) is 12.5. The minimum Gasteiger partial charge on any atom is -0.495 e. The summed E-state index contributed by atoms with van der Waals surface area (Å²) in [7, 11) is -1.03. The highest BCUT2D eigenvalue weighted by atomic mass is 35.5. The third-order valence-electron chi connectivity index (χ3n) is 4.82. The first-order valence-corrected chi connectivity index (χ1v) is 12.2. The van der Waals surface area contributed by atoms with Gasteiger partial charge in [0.15, 0.2) is 0 Å². The van der Waals surface area contributed by atoms with Gasteiger partial charge in [-0.15, -0.1) is 0 Å². The van der Waals surface area contributed by atoms with Crippen molar-refractivity contribution in [1.29, 1.82) is 0 Å². The molecule has 176 valence electrons. The predicted octanol–water partition coefficient (Wildman–Crippen LogP) is 3.47. The van der Waals surface area contributed by atoms with E-state index < -0.39 is 22.5 Å². The number of ether oxygens (including phenoxy) is 3. The van der Waals surface area contributed by atoms with Crippen LogP contribution in [0, 0.1) is 0 Å². The molecule has 0 unspecified atom stereocenters. The molecule has 3 aromatic rings. The lowest BCUT2D eigenvalue weighted by atomic mass is 10.1. The fourth-order valence-corrected chi connectivity index (χ4v) is 4.31. The van der Waals surface area contributed by atoms with Crippen LogP contribution < -0.4 is 23.8 Å². The lowest BCUT2D eigenvalue weighted by Gasteiger charge is -2.24. The Kier molecular flexibility index (Phi) is 7.88. The third-order valence-corrected chi connectivity index (χ3v) is 6.25. The molecule has 10 heteroatoms. The summed E-state index contributed by atoms with van der Waals surface area (Å²) in [5.41, 5.74) is 0.142. The molecular formula is C23H25ClN2O6S. The van der Waals surface area contributed by atoms with Gasteiger partial charge in [-0.25, -0.2) is 8.42 Å². The van der Waals surface area contributed by atoms with Crippen LogP contribution in [0.3, 0.4) is 0 Å². The van der Waals surface area contributed by atoms with Gasteiger partial charge in [-0.3, -0.25) is 9.10 Å². The second-order valence-electron chi connectivity index (χ2n) is 7.14. The number of benzene rings is 3. The van der Waals surface area contributed by atoms with E-state index >= 15 is 0 Å². The lowest BCUT2D eigenvalue weighted by Crippen LogP contribution is -2.41. The fourth-order valence-electron chi connectivity index (χ4n) is 3.22. The van der Waals surface area contributed by atoms with Crippen LogP contribution in [0.25, 0.3) is 10.8 Å². The van der Waals surface area contributed by atoms with Crippen LogP contribution in [-0.4, -0.2) is 54.5 Å². The Morgan fingerprint density at radius 2 is 1.70 bits per heavy atom. The summed E-state index contributed by atoms with van der Waals surface area (Å²) < 4.78 is 41.9. The van der Waals surface area contributed by atoms with Gasteiger partial charge in [0, 0.05) is 12.1 Å². The van der Waals surface area contributed by atoms with Crippen LogP contribution in [0.15, 0.2) is 54.6 Å². The van der Waals surface area contributed by atoms with Gasteiger partial charge in [0.25, 0.3) is 0 Å². The molecule has 33 heavy (non-hydrogen) atoms. The van der Waals surface area contributed by atoms with E-state index in [1.54, 1.807) is 0 Å². The van der Waals surface area contributed by atoms with Crippen molar-refractivity contribution < 1.29 is 27.4 Å². The third kappa shape index (κ3) is 6.21. The van der Waals surface area contributed by atoms with Gasteiger partial charge in [-0.05, 0) is 22.9 Å². The maximum atomic E-state index is 12.5. The van der Waals surface area contributed by atoms with E-state index in [1.807, 2.05) is 42.5 Å². The van der Waals surface area contributed by atoms with Crippen LogP contribution in [0.4, 0.5) is 5.69 Å². The number of methoxy groups -OCH3 is 2. The summed E-state index contributed by atoms with van der Waals surface area (Å²) in [6.07, 6.45) is 1.00. The molecule has 1 amide bonds. The summed E-state index contributed by atoms with van der Waals surface area (Å²) in [6, 6.07) is 16.5. The summed E-state index contributed by atoms with van der Waals surface area (Å²) in [5.74, 6) is 0.626. The van der Waals surface area contributed by atoms with Crippen LogP contribution in [-0.2, 0) is 14.8 Å². The Balaban J connectivity index is 1.64. The molecule has 0 atom stereocenters. The van der Waals surface area contributed by atoms with Crippen LogP contribution in [0.5, 0.6) is 17.2 Å². The Hall–Kier alpha value is -3.17. The number of nitrogens with zero attached hydrogens (tertiary/aromatic N) is 1. The second-order valence-corrected chi connectivity index (χ2v) is 9.45. The molecule has 3 rings (SSSR count). The van der Waals surface area contributed by atoms with Gasteiger partial charge in [0.1, 0.15) is 30.4 Å². The Labute approximate surface area is 198 Å². The lowest BCUT2D eigenvalue weighted by molar-refractivity contribution is -0.119. The summed E-state index contributed by atoms with van der Waals surface area (Å²) in [6.45, 7) is -0.0265. The predicted molar refractivity (Wildman–Crippen MR) is 129 cm³/mol. The van der Waals surface area contributed by atoms with Crippen LogP contribution in [0.2, 0.25) is 5.02 Å². The fraction of sp³-hybridized carbons (Fsp3) is 0.261. The minimum absolute atomic E-state index is 0.142. The van der Waals surface area contributed by atoms with E-state index in [0.29, 0.717) is 5.75 Å². The second kappa shape index (κ2) is 10.6. The highest BCUT2D eigenvalue weighted by Crippen LogP contribution is 2.38. The maximum absolute atomic E-state index is 12.5. The monoisotopic (exact) mass is 492 g/mol. The number of halogens is 1. The number of hydrogen-bond donors (Lipinski definition) is 1. The van der Waals surface area contributed by atoms with Gasteiger partial charge in [-0.1, -0.05) is 41.9 Å². The number of hydrogen-bond acceptors (Lipinski definition) is 6. The molecule has 0 bridgehead atoms. The van der Waals surface area contributed by atoms with Gasteiger partial charge in [0.05, 0.1) is 37.7 Å². The molecule has 0 saturated heterocycles. The minimum atomic E-state index is -3.82. The van der Waals surface area contributed by atoms with Crippen molar-refractivity contribution in [2.75, 3.05) is 44.5 Å². The average molecular weight is 493 g/mol. The van der Waals surface area contributed by atoms with Crippen molar-refractivity contribution >= 4 is 44.0 Å². The molecule has 1 N–H and O–H groups in total. The molecule has 0 aliphatic heterocycles. The first-order chi connectivity index (χ1) is 15.7. The Bertz CT molecular complexity index is 1250. The number of rotatable bonds is 10.